The molecule has 0 bridgehead atoms. The van der Waals surface area contributed by atoms with E-state index in [1.807, 2.05) is 0 Å². The van der Waals surface area contributed by atoms with E-state index in [1.165, 1.54) is 6.07 Å². The summed E-state index contributed by atoms with van der Waals surface area (Å²) in [5.74, 6) is -1.87. The third kappa shape index (κ3) is 2.69. The number of benzene rings is 1. The maximum Gasteiger partial charge on any atom is 0.303 e. The molecule has 2 N–H and O–H groups in total. The Morgan fingerprint density at radius 1 is 1.53 bits per heavy atom. The van der Waals surface area contributed by atoms with Crippen LogP contribution in [0.5, 0.6) is 5.75 Å². The maximum atomic E-state index is 13.2. The molecule has 1 fully saturated rings. The maximum absolute atomic E-state index is 13.2. The molecule has 0 radical (unpaired) electrons. The molecular formula is C12H12ClFO3. The molecule has 0 saturated heterocycles. The van der Waals surface area contributed by atoms with Gasteiger partial charge in [-0.1, -0.05) is 11.6 Å². The van der Waals surface area contributed by atoms with Gasteiger partial charge in [0.05, 0.1) is 11.4 Å². The van der Waals surface area contributed by atoms with Crippen molar-refractivity contribution in [3.05, 3.63) is 28.5 Å². The highest BCUT2D eigenvalue weighted by molar-refractivity contribution is 6.32. The van der Waals surface area contributed by atoms with Gasteiger partial charge in [-0.25, -0.2) is 4.39 Å². The van der Waals surface area contributed by atoms with Crippen LogP contribution in [0.25, 0.3) is 0 Å². The van der Waals surface area contributed by atoms with Crippen molar-refractivity contribution in [2.45, 2.75) is 25.2 Å². The van der Waals surface area contributed by atoms with Crippen LogP contribution < -0.4 is 0 Å². The molecule has 17 heavy (non-hydrogen) atoms. The fourth-order valence-corrected chi connectivity index (χ4v) is 2.30. The Labute approximate surface area is 103 Å². The Bertz CT molecular complexity index is 457. The zero-order chi connectivity index (χ0) is 12.6. The van der Waals surface area contributed by atoms with E-state index in [0.29, 0.717) is 5.56 Å². The molecule has 1 atom stereocenters. The van der Waals surface area contributed by atoms with E-state index in [4.69, 9.17) is 16.7 Å². The van der Waals surface area contributed by atoms with E-state index in [2.05, 4.69) is 0 Å². The number of phenols is 1. The third-order valence-electron chi connectivity index (χ3n) is 3.04. The second-order valence-electron chi connectivity index (χ2n) is 4.37. The van der Waals surface area contributed by atoms with Crippen LogP contribution in [0.15, 0.2) is 12.1 Å². The molecule has 1 aromatic carbocycles. The molecule has 1 aliphatic carbocycles. The molecule has 2 rings (SSSR count). The summed E-state index contributed by atoms with van der Waals surface area (Å²) in [4.78, 5) is 10.8. The number of aromatic hydroxyl groups is 1. The standard InChI is InChI=1S/C12H12ClFO3/c13-10-4-7(14)3-9(12(10)17)8(5-11(15)16)6-1-2-6/h3-4,6,8,17H,1-2,5H2,(H,15,16). The van der Waals surface area contributed by atoms with E-state index in [-0.39, 0.29) is 29.0 Å². The predicted molar refractivity (Wildman–Crippen MR) is 60.8 cm³/mol. The fraction of sp³-hybridized carbons (Fsp3) is 0.417. The molecule has 0 aliphatic heterocycles. The Morgan fingerprint density at radius 3 is 2.71 bits per heavy atom. The topological polar surface area (TPSA) is 57.5 Å². The first-order valence-corrected chi connectivity index (χ1v) is 5.76. The third-order valence-corrected chi connectivity index (χ3v) is 3.33. The molecule has 0 heterocycles. The Kier molecular flexibility index (Phi) is 3.24. The van der Waals surface area contributed by atoms with Gasteiger partial charge in [0, 0.05) is 11.5 Å². The molecule has 5 heteroatoms. The zero-order valence-electron chi connectivity index (χ0n) is 8.99. The molecule has 3 nitrogen and oxygen atoms in total. The average molecular weight is 259 g/mol. The number of carboxylic acid groups (broad SMARTS) is 1. The minimum Gasteiger partial charge on any atom is -0.506 e. The van der Waals surface area contributed by atoms with Crippen molar-refractivity contribution >= 4 is 17.6 Å². The highest BCUT2D eigenvalue weighted by Crippen LogP contribution is 2.48. The number of halogens is 2. The number of hydrogen-bond acceptors (Lipinski definition) is 2. The van der Waals surface area contributed by atoms with Crippen molar-refractivity contribution in [1.29, 1.82) is 0 Å². The lowest BCUT2D eigenvalue weighted by Gasteiger charge is -2.16. The van der Waals surface area contributed by atoms with Gasteiger partial charge in [0.25, 0.3) is 0 Å². The van der Waals surface area contributed by atoms with E-state index < -0.39 is 11.8 Å². The van der Waals surface area contributed by atoms with Crippen LogP contribution in [0.4, 0.5) is 4.39 Å². The van der Waals surface area contributed by atoms with Gasteiger partial charge in [-0.2, -0.15) is 0 Å². The Balaban J connectivity index is 2.38. The summed E-state index contributed by atoms with van der Waals surface area (Å²) in [5.41, 5.74) is 0.305. The van der Waals surface area contributed by atoms with Crippen LogP contribution >= 0.6 is 11.6 Å². The minimum absolute atomic E-state index is 0.0731. The minimum atomic E-state index is -0.957. The monoisotopic (exact) mass is 258 g/mol. The van der Waals surface area contributed by atoms with Crippen LogP contribution in [0, 0.1) is 11.7 Å². The van der Waals surface area contributed by atoms with Crippen LogP contribution in [0.1, 0.15) is 30.7 Å². The molecule has 0 spiro atoms. The summed E-state index contributed by atoms with van der Waals surface area (Å²) < 4.78 is 13.2. The van der Waals surface area contributed by atoms with Crippen LogP contribution in [-0.4, -0.2) is 16.2 Å². The van der Waals surface area contributed by atoms with Gasteiger partial charge in [-0.15, -0.1) is 0 Å². The van der Waals surface area contributed by atoms with Gasteiger partial charge in [0.2, 0.25) is 0 Å². The SMILES string of the molecule is O=C(O)CC(c1cc(F)cc(Cl)c1O)C1CC1. The van der Waals surface area contributed by atoms with Gasteiger partial charge >= 0.3 is 5.97 Å². The Morgan fingerprint density at radius 2 is 2.18 bits per heavy atom. The lowest BCUT2D eigenvalue weighted by molar-refractivity contribution is -0.137. The summed E-state index contributed by atoms with van der Waals surface area (Å²) in [6, 6.07) is 2.19. The van der Waals surface area contributed by atoms with E-state index in [0.717, 1.165) is 18.9 Å². The number of rotatable bonds is 4. The molecule has 1 aliphatic rings. The quantitative estimate of drug-likeness (QED) is 0.872. The van der Waals surface area contributed by atoms with E-state index in [9.17, 15) is 14.3 Å². The van der Waals surface area contributed by atoms with Crippen LogP contribution in [0.2, 0.25) is 5.02 Å². The molecular weight excluding hydrogens is 247 g/mol. The summed E-state index contributed by atoms with van der Waals surface area (Å²) >= 11 is 5.69. The summed E-state index contributed by atoms with van der Waals surface area (Å²) in [6.07, 6.45) is 1.70. The normalized spacial score (nSPS) is 16.8. The van der Waals surface area contributed by atoms with Crippen molar-refractivity contribution in [2.75, 3.05) is 0 Å². The molecule has 1 unspecified atom stereocenters. The second-order valence-corrected chi connectivity index (χ2v) is 4.77. The van der Waals surface area contributed by atoms with Crippen molar-refractivity contribution in [3.63, 3.8) is 0 Å². The highest BCUT2D eigenvalue weighted by atomic mass is 35.5. The molecule has 0 aromatic heterocycles. The summed E-state index contributed by atoms with van der Waals surface area (Å²) in [5, 5.41) is 18.6. The van der Waals surface area contributed by atoms with Gasteiger partial charge in [-0.05, 0) is 30.9 Å². The van der Waals surface area contributed by atoms with Gasteiger partial charge in [-0.3, -0.25) is 4.79 Å². The van der Waals surface area contributed by atoms with Crippen molar-refractivity contribution in [2.24, 2.45) is 5.92 Å². The van der Waals surface area contributed by atoms with Gasteiger partial charge in [0.15, 0.2) is 0 Å². The summed E-state index contributed by atoms with van der Waals surface area (Å²) in [6.45, 7) is 0. The van der Waals surface area contributed by atoms with E-state index in [1.54, 1.807) is 0 Å². The zero-order valence-corrected chi connectivity index (χ0v) is 9.75. The molecule has 92 valence electrons. The summed E-state index contributed by atoms with van der Waals surface area (Å²) in [7, 11) is 0. The molecule has 0 amide bonds. The van der Waals surface area contributed by atoms with Crippen LogP contribution in [0.3, 0.4) is 0 Å². The fourth-order valence-electron chi connectivity index (χ4n) is 2.09. The molecule has 1 aromatic rings. The lowest BCUT2D eigenvalue weighted by atomic mass is 9.90. The predicted octanol–water partition coefficient (Wildman–Crippen LogP) is 3.15. The number of carboxylic acids is 1. The first-order chi connectivity index (χ1) is 7.99. The Hall–Kier alpha value is -1.29. The average Bonchev–Trinajstić information content (AvgIpc) is 3.03. The van der Waals surface area contributed by atoms with Crippen molar-refractivity contribution in [1.82, 2.24) is 0 Å². The first-order valence-electron chi connectivity index (χ1n) is 5.38. The van der Waals surface area contributed by atoms with Gasteiger partial charge < -0.3 is 10.2 Å². The first kappa shape index (κ1) is 12.2. The molecule has 1 saturated carbocycles. The smallest absolute Gasteiger partial charge is 0.303 e. The van der Waals surface area contributed by atoms with Crippen molar-refractivity contribution in [3.8, 4) is 5.75 Å². The van der Waals surface area contributed by atoms with E-state index >= 15 is 0 Å². The van der Waals surface area contributed by atoms with Crippen LogP contribution in [-0.2, 0) is 4.79 Å². The number of aliphatic carboxylic acids is 1. The van der Waals surface area contributed by atoms with Crippen molar-refractivity contribution < 1.29 is 19.4 Å². The number of hydrogen-bond donors (Lipinski definition) is 2. The number of phenolic OH excluding ortho intramolecular Hbond substituents is 1. The second kappa shape index (κ2) is 4.53. The largest absolute Gasteiger partial charge is 0.506 e. The number of carbonyl (C=O) groups is 1. The van der Waals surface area contributed by atoms with Gasteiger partial charge in [0.1, 0.15) is 11.6 Å². The highest BCUT2D eigenvalue weighted by Gasteiger charge is 2.35. The lowest BCUT2D eigenvalue weighted by Crippen LogP contribution is -2.09.